The predicted molar refractivity (Wildman–Crippen MR) is 129 cm³/mol. The molecule has 0 aliphatic heterocycles. The van der Waals surface area contributed by atoms with Crippen LogP contribution in [0.1, 0.15) is 115 Å². The zero-order valence-electron chi connectivity index (χ0n) is 20.7. The maximum absolute atomic E-state index is 15.1. The smallest absolute Gasteiger partial charge is 0.200 e. The molecular formula is C29H44F2O2. The molecule has 1 aromatic rings. The van der Waals surface area contributed by atoms with E-state index < -0.39 is 17.7 Å². The van der Waals surface area contributed by atoms with Crippen LogP contribution in [0.25, 0.3) is 0 Å². The molecule has 4 heteroatoms. The van der Waals surface area contributed by atoms with Crippen molar-refractivity contribution >= 4 is 0 Å². The second-order valence-corrected chi connectivity index (χ2v) is 11.3. The summed E-state index contributed by atoms with van der Waals surface area (Å²) in [6.07, 6.45) is 14.9. The van der Waals surface area contributed by atoms with Gasteiger partial charge in [-0.2, -0.15) is 4.39 Å². The van der Waals surface area contributed by atoms with E-state index in [0.29, 0.717) is 29.7 Å². The van der Waals surface area contributed by atoms with Crippen molar-refractivity contribution in [1.82, 2.24) is 0 Å². The predicted octanol–water partition coefficient (Wildman–Crippen LogP) is 8.16. The molecule has 4 rings (SSSR count). The molecule has 5 unspecified atom stereocenters. The van der Waals surface area contributed by atoms with Crippen molar-refractivity contribution in [2.24, 2.45) is 23.7 Å². The van der Waals surface area contributed by atoms with Crippen molar-refractivity contribution in [3.63, 3.8) is 0 Å². The summed E-state index contributed by atoms with van der Waals surface area (Å²) >= 11 is 0. The number of aliphatic hydroxyl groups is 1. The fraction of sp³-hybridized carbons (Fsp3) is 0.793. The molecule has 0 heterocycles. The van der Waals surface area contributed by atoms with E-state index in [1.807, 2.05) is 0 Å². The van der Waals surface area contributed by atoms with Crippen LogP contribution >= 0.6 is 0 Å². The monoisotopic (exact) mass is 462 g/mol. The maximum Gasteiger partial charge on any atom is 0.200 e. The van der Waals surface area contributed by atoms with Crippen LogP contribution in [0.4, 0.5) is 8.78 Å². The maximum atomic E-state index is 15.1. The van der Waals surface area contributed by atoms with Gasteiger partial charge < -0.3 is 9.84 Å². The zero-order chi connectivity index (χ0) is 23.4. The molecule has 3 saturated carbocycles. The Balaban J connectivity index is 1.34. The van der Waals surface area contributed by atoms with Gasteiger partial charge in [0.1, 0.15) is 0 Å². The largest absolute Gasteiger partial charge is 0.487 e. The van der Waals surface area contributed by atoms with E-state index in [1.165, 1.54) is 44.9 Å². The Bertz CT molecular complexity index is 758. The van der Waals surface area contributed by atoms with Crippen LogP contribution in [0.3, 0.4) is 0 Å². The summed E-state index contributed by atoms with van der Waals surface area (Å²) in [6, 6.07) is 3.26. The number of aliphatic hydroxyl groups excluding tert-OH is 1. The van der Waals surface area contributed by atoms with Crippen molar-refractivity contribution in [3.05, 3.63) is 29.3 Å². The van der Waals surface area contributed by atoms with E-state index in [-0.39, 0.29) is 17.8 Å². The molecule has 33 heavy (non-hydrogen) atoms. The third kappa shape index (κ3) is 5.92. The summed E-state index contributed by atoms with van der Waals surface area (Å²) in [5, 5.41) is 10.9. The van der Waals surface area contributed by atoms with Gasteiger partial charge in [-0.1, -0.05) is 58.4 Å². The molecular weight excluding hydrogens is 418 g/mol. The van der Waals surface area contributed by atoms with Crippen molar-refractivity contribution in [2.75, 3.05) is 0 Å². The van der Waals surface area contributed by atoms with Crippen LogP contribution in [0.15, 0.2) is 12.1 Å². The molecule has 0 radical (unpaired) electrons. The number of hydrogen-bond donors (Lipinski definition) is 1. The van der Waals surface area contributed by atoms with Crippen LogP contribution in [-0.4, -0.2) is 17.3 Å². The molecule has 1 aromatic carbocycles. The van der Waals surface area contributed by atoms with Crippen molar-refractivity contribution in [3.8, 4) is 5.75 Å². The minimum absolute atomic E-state index is 0.0188. The van der Waals surface area contributed by atoms with Gasteiger partial charge in [-0.05, 0) is 86.7 Å². The van der Waals surface area contributed by atoms with Crippen molar-refractivity contribution < 1.29 is 18.6 Å². The Morgan fingerprint density at radius 3 is 2.15 bits per heavy atom. The van der Waals surface area contributed by atoms with Gasteiger partial charge in [-0.25, -0.2) is 4.39 Å². The van der Waals surface area contributed by atoms with E-state index in [2.05, 4.69) is 13.8 Å². The van der Waals surface area contributed by atoms with Gasteiger partial charge in [-0.15, -0.1) is 0 Å². The lowest BCUT2D eigenvalue weighted by molar-refractivity contribution is 0.0454. The van der Waals surface area contributed by atoms with E-state index in [0.717, 1.165) is 44.4 Å². The van der Waals surface area contributed by atoms with Crippen LogP contribution in [-0.2, 0) is 0 Å². The standard InChI is InChI=1S/C29H44F2O2/c1-3-5-19-7-10-21(11-8-19)22-12-14-24(26(32)18-22)25-15-16-27(29(31)28(25)30)33-23-13-9-20(17-23)6-4-2/h15-16,19-24,26,32H,3-14,17-18H2,1-2H3. The summed E-state index contributed by atoms with van der Waals surface area (Å²) in [5.74, 6) is 0.744. The number of ether oxygens (including phenoxy) is 1. The second-order valence-electron chi connectivity index (χ2n) is 11.3. The Labute approximate surface area is 199 Å². The molecule has 5 atom stereocenters. The highest BCUT2D eigenvalue weighted by molar-refractivity contribution is 5.34. The van der Waals surface area contributed by atoms with Crippen LogP contribution < -0.4 is 4.74 Å². The first-order valence-electron chi connectivity index (χ1n) is 13.8. The fourth-order valence-electron chi connectivity index (χ4n) is 7.24. The SMILES string of the molecule is CCCC1CCC(C2CCC(c3ccc(OC4CCC(CCC)C4)c(F)c3F)C(O)C2)CC1. The van der Waals surface area contributed by atoms with E-state index >= 15 is 4.39 Å². The lowest BCUT2D eigenvalue weighted by atomic mass is 9.67. The zero-order valence-corrected chi connectivity index (χ0v) is 20.7. The quantitative estimate of drug-likeness (QED) is 0.422. The summed E-state index contributed by atoms with van der Waals surface area (Å²) in [6.45, 7) is 4.45. The average molecular weight is 463 g/mol. The highest BCUT2D eigenvalue weighted by Gasteiger charge is 2.37. The topological polar surface area (TPSA) is 29.5 Å². The van der Waals surface area contributed by atoms with Gasteiger partial charge in [0.05, 0.1) is 12.2 Å². The van der Waals surface area contributed by atoms with Gasteiger partial charge in [0.25, 0.3) is 0 Å². The summed E-state index contributed by atoms with van der Waals surface area (Å²) in [7, 11) is 0. The minimum atomic E-state index is -0.880. The van der Waals surface area contributed by atoms with Gasteiger partial charge >= 0.3 is 0 Å². The average Bonchev–Trinajstić information content (AvgIpc) is 3.25. The first kappa shape index (κ1) is 24.9. The normalized spacial score (nSPS) is 35.0. The highest BCUT2D eigenvalue weighted by Crippen LogP contribution is 2.45. The van der Waals surface area contributed by atoms with E-state index in [9.17, 15) is 9.50 Å². The molecule has 3 aliphatic carbocycles. The van der Waals surface area contributed by atoms with E-state index in [1.54, 1.807) is 12.1 Å². The molecule has 3 fully saturated rings. The Hall–Kier alpha value is -1.16. The molecule has 3 aliphatic rings. The molecule has 0 spiro atoms. The van der Waals surface area contributed by atoms with Crippen LogP contribution in [0, 0.1) is 35.3 Å². The molecule has 1 N–H and O–H groups in total. The first-order valence-corrected chi connectivity index (χ1v) is 13.8. The molecule has 0 amide bonds. The third-order valence-corrected chi connectivity index (χ3v) is 9.07. The van der Waals surface area contributed by atoms with Crippen molar-refractivity contribution in [1.29, 1.82) is 0 Å². The van der Waals surface area contributed by atoms with E-state index in [4.69, 9.17) is 4.74 Å². The first-order chi connectivity index (χ1) is 16.0. The summed E-state index contributed by atoms with van der Waals surface area (Å²) < 4.78 is 35.9. The van der Waals surface area contributed by atoms with Crippen LogP contribution in [0.5, 0.6) is 5.75 Å². The Morgan fingerprint density at radius 1 is 0.788 bits per heavy atom. The molecule has 0 saturated heterocycles. The second kappa shape index (κ2) is 11.5. The van der Waals surface area contributed by atoms with Crippen LogP contribution in [0.2, 0.25) is 0 Å². The molecule has 0 bridgehead atoms. The number of benzene rings is 1. The number of rotatable bonds is 8. The highest BCUT2D eigenvalue weighted by atomic mass is 19.2. The summed E-state index contributed by atoms with van der Waals surface area (Å²) in [4.78, 5) is 0. The van der Waals surface area contributed by atoms with Gasteiger partial charge in [0, 0.05) is 5.92 Å². The summed E-state index contributed by atoms with van der Waals surface area (Å²) in [5.41, 5.74) is 0.327. The number of halogens is 2. The molecule has 0 aromatic heterocycles. The lowest BCUT2D eigenvalue weighted by Crippen LogP contribution is -2.33. The third-order valence-electron chi connectivity index (χ3n) is 9.07. The Kier molecular flexibility index (Phi) is 8.70. The van der Waals surface area contributed by atoms with Crippen molar-refractivity contribution in [2.45, 2.75) is 122 Å². The lowest BCUT2D eigenvalue weighted by Gasteiger charge is -2.40. The molecule has 2 nitrogen and oxygen atoms in total. The van der Waals surface area contributed by atoms with Gasteiger partial charge in [0.2, 0.25) is 5.82 Å². The van der Waals surface area contributed by atoms with Gasteiger partial charge in [-0.3, -0.25) is 0 Å². The minimum Gasteiger partial charge on any atom is -0.487 e. The number of hydrogen-bond acceptors (Lipinski definition) is 2. The Morgan fingerprint density at radius 2 is 1.45 bits per heavy atom. The van der Waals surface area contributed by atoms with Gasteiger partial charge in [0.15, 0.2) is 11.6 Å². The fourth-order valence-corrected chi connectivity index (χ4v) is 7.24. The molecule has 186 valence electrons.